The predicted octanol–water partition coefficient (Wildman–Crippen LogP) is 1.72. The van der Waals surface area contributed by atoms with Crippen LogP contribution >= 0.6 is 0 Å². The molecule has 0 saturated carbocycles. The van der Waals surface area contributed by atoms with Crippen molar-refractivity contribution in [3.8, 4) is 0 Å². The molecule has 4 nitrogen and oxygen atoms in total. The average molecular weight is 222 g/mol. The summed E-state index contributed by atoms with van der Waals surface area (Å²) in [5, 5.41) is 8.90. The van der Waals surface area contributed by atoms with Gasteiger partial charge in [0.15, 0.2) is 5.44 Å². The maximum Gasteiger partial charge on any atom is 0.292 e. The van der Waals surface area contributed by atoms with Crippen molar-refractivity contribution < 1.29 is 18.1 Å². The number of allylic oxidation sites excluding steroid dienone is 1. The molecule has 0 rings (SSSR count). The van der Waals surface area contributed by atoms with Crippen LogP contribution in [0.2, 0.25) is 0 Å². The highest BCUT2D eigenvalue weighted by atomic mass is 32.2. The SMILES string of the molecule is CCCCC/C=C\CC(O)S(=O)(=O)O. The van der Waals surface area contributed by atoms with E-state index in [0.717, 1.165) is 25.7 Å². The summed E-state index contributed by atoms with van der Waals surface area (Å²) in [6.45, 7) is 2.10. The van der Waals surface area contributed by atoms with Gasteiger partial charge in [0, 0.05) is 6.42 Å². The Hall–Kier alpha value is -0.390. The Labute approximate surface area is 85.4 Å². The van der Waals surface area contributed by atoms with Crippen molar-refractivity contribution >= 4 is 10.1 Å². The Morgan fingerprint density at radius 2 is 1.93 bits per heavy atom. The van der Waals surface area contributed by atoms with Crippen molar-refractivity contribution in [3.05, 3.63) is 12.2 Å². The van der Waals surface area contributed by atoms with Crippen LogP contribution in [0.25, 0.3) is 0 Å². The molecule has 1 unspecified atom stereocenters. The van der Waals surface area contributed by atoms with Crippen LogP contribution in [-0.2, 0) is 10.1 Å². The standard InChI is InChI=1S/C9H18O4S/c1-2-3-4-5-6-7-8-9(10)14(11,12)13/h6-7,9-10H,2-5,8H2,1H3,(H,11,12,13)/b7-6-. The topological polar surface area (TPSA) is 74.6 Å². The summed E-state index contributed by atoms with van der Waals surface area (Å²) < 4.78 is 29.2. The molecule has 0 amide bonds. The minimum absolute atomic E-state index is 0.0506. The first-order valence-electron chi connectivity index (χ1n) is 4.77. The van der Waals surface area contributed by atoms with Crippen molar-refractivity contribution in [2.75, 3.05) is 0 Å². The third-order valence-corrected chi connectivity index (χ3v) is 2.70. The van der Waals surface area contributed by atoms with Crippen molar-refractivity contribution in [2.24, 2.45) is 0 Å². The second-order valence-corrected chi connectivity index (χ2v) is 4.75. The van der Waals surface area contributed by atoms with Gasteiger partial charge in [0.2, 0.25) is 0 Å². The molecule has 0 aromatic rings. The van der Waals surface area contributed by atoms with Gasteiger partial charge >= 0.3 is 0 Å². The van der Waals surface area contributed by atoms with E-state index in [0.29, 0.717) is 0 Å². The first-order chi connectivity index (χ1) is 6.48. The highest BCUT2D eigenvalue weighted by Crippen LogP contribution is 2.04. The summed E-state index contributed by atoms with van der Waals surface area (Å²) in [5.41, 5.74) is -1.69. The average Bonchev–Trinajstić information content (AvgIpc) is 2.09. The second-order valence-electron chi connectivity index (χ2n) is 3.17. The lowest BCUT2D eigenvalue weighted by atomic mass is 10.2. The van der Waals surface area contributed by atoms with Crippen molar-refractivity contribution in [3.63, 3.8) is 0 Å². The Bertz CT molecular complexity index is 256. The predicted molar refractivity (Wildman–Crippen MR) is 55.5 cm³/mol. The van der Waals surface area contributed by atoms with Gasteiger partial charge in [0.1, 0.15) is 0 Å². The summed E-state index contributed by atoms with van der Waals surface area (Å²) in [6, 6.07) is 0. The monoisotopic (exact) mass is 222 g/mol. The first-order valence-corrected chi connectivity index (χ1v) is 6.28. The van der Waals surface area contributed by atoms with E-state index >= 15 is 0 Å². The van der Waals surface area contributed by atoms with E-state index in [9.17, 15) is 8.42 Å². The van der Waals surface area contributed by atoms with Gasteiger partial charge in [-0.05, 0) is 12.8 Å². The fourth-order valence-electron chi connectivity index (χ4n) is 0.964. The van der Waals surface area contributed by atoms with Crippen LogP contribution in [0.15, 0.2) is 12.2 Å². The first kappa shape index (κ1) is 13.6. The van der Waals surface area contributed by atoms with Crippen molar-refractivity contribution in [1.29, 1.82) is 0 Å². The van der Waals surface area contributed by atoms with Gasteiger partial charge in [-0.2, -0.15) is 8.42 Å². The number of hydrogen-bond donors (Lipinski definition) is 2. The molecule has 1 atom stereocenters. The second kappa shape index (κ2) is 6.98. The number of rotatable bonds is 7. The van der Waals surface area contributed by atoms with E-state index < -0.39 is 15.6 Å². The Balaban J connectivity index is 3.62. The molecule has 0 aromatic carbocycles. The van der Waals surface area contributed by atoms with Crippen LogP contribution in [-0.4, -0.2) is 23.5 Å². The van der Waals surface area contributed by atoms with Gasteiger partial charge in [-0.15, -0.1) is 0 Å². The molecule has 0 heterocycles. The maximum atomic E-state index is 10.4. The number of unbranched alkanes of at least 4 members (excludes halogenated alkanes) is 3. The molecule has 0 aliphatic heterocycles. The Kier molecular flexibility index (Phi) is 6.78. The molecule has 0 aliphatic rings. The summed E-state index contributed by atoms with van der Waals surface area (Å²) in [7, 11) is -4.30. The minimum atomic E-state index is -4.30. The molecule has 0 aromatic heterocycles. The summed E-state index contributed by atoms with van der Waals surface area (Å²) in [6.07, 6.45) is 7.58. The number of hydrogen-bond acceptors (Lipinski definition) is 3. The molecule has 0 fully saturated rings. The van der Waals surface area contributed by atoms with Crippen LogP contribution in [0.3, 0.4) is 0 Å². The molecule has 84 valence electrons. The van der Waals surface area contributed by atoms with E-state index in [1.54, 1.807) is 6.08 Å². The van der Waals surface area contributed by atoms with Gasteiger partial charge in [0.25, 0.3) is 10.1 Å². The van der Waals surface area contributed by atoms with Gasteiger partial charge in [-0.25, -0.2) is 0 Å². The summed E-state index contributed by atoms with van der Waals surface area (Å²) in [5.74, 6) is 0. The van der Waals surface area contributed by atoms with Crippen LogP contribution in [0.1, 0.15) is 39.0 Å². The number of aliphatic hydroxyl groups is 1. The zero-order chi connectivity index (χ0) is 11.0. The highest BCUT2D eigenvalue weighted by Gasteiger charge is 2.16. The molecule has 0 saturated heterocycles. The molecular weight excluding hydrogens is 204 g/mol. The third kappa shape index (κ3) is 7.06. The molecule has 14 heavy (non-hydrogen) atoms. The maximum absolute atomic E-state index is 10.4. The van der Waals surface area contributed by atoms with Gasteiger partial charge < -0.3 is 5.11 Å². The van der Waals surface area contributed by atoms with Crippen molar-refractivity contribution in [1.82, 2.24) is 0 Å². The molecule has 0 radical (unpaired) electrons. The van der Waals surface area contributed by atoms with Crippen LogP contribution < -0.4 is 0 Å². The Morgan fingerprint density at radius 1 is 1.29 bits per heavy atom. The third-order valence-electron chi connectivity index (χ3n) is 1.82. The molecule has 2 N–H and O–H groups in total. The van der Waals surface area contributed by atoms with E-state index in [4.69, 9.17) is 9.66 Å². The zero-order valence-corrected chi connectivity index (χ0v) is 9.20. The molecule has 0 bridgehead atoms. The summed E-state index contributed by atoms with van der Waals surface area (Å²) in [4.78, 5) is 0. The lowest BCUT2D eigenvalue weighted by Crippen LogP contribution is -2.18. The van der Waals surface area contributed by atoms with Gasteiger partial charge in [-0.1, -0.05) is 31.9 Å². The van der Waals surface area contributed by atoms with Crippen molar-refractivity contribution in [2.45, 2.75) is 44.5 Å². The van der Waals surface area contributed by atoms with Crippen LogP contribution in [0.4, 0.5) is 0 Å². The van der Waals surface area contributed by atoms with Gasteiger partial charge in [0.05, 0.1) is 0 Å². The largest absolute Gasteiger partial charge is 0.375 e. The number of aliphatic hydroxyl groups excluding tert-OH is 1. The lowest BCUT2D eigenvalue weighted by Gasteiger charge is -2.02. The van der Waals surface area contributed by atoms with Gasteiger partial charge in [-0.3, -0.25) is 4.55 Å². The molecule has 5 heteroatoms. The highest BCUT2D eigenvalue weighted by molar-refractivity contribution is 7.86. The summed E-state index contributed by atoms with van der Waals surface area (Å²) >= 11 is 0. The van der Waals surface area contributed by atoms with Crippen LogP contribution in [0, 0.1) is 0 Å². The minimum Gasteiger partial charge on any atom is -0.375 e. The quantitative estimate of drug-likeness (QED) is 0.391. The molecule has 0 aliphatic carbocycles. The fraction of sp³-hybridized carbons (Fsp3) is 0.778. The lowest BCUT2D eigenvalue weighted by molar-refractivity contribution is 0.236. The molecule has 0 spiro atoms. The van der Waals surface area contributed by atoms with E-state index in [1.807, 2.05) is 6.08 Å². The van der Waals surface area contributed by atoms with E-state index in [-0.39, 0.29) is 6.42 Å². The van der Waals surface area contributed by atoms with E-state index in [1.165, 1.54) is 0 Å². The molecular formula is C9H18O4S. The zero-order valence-electron chi connectivity index (χ0n) is 8.39. The Morgan fingerprint density at radius 3 is 2.43 bits per heavy atom. The smallest absolute Gasteiger partial charge is 0.292 e. The van der Waals surface area contributed by atoms with Crippen LogP contribution in [0.5, 0.6) is 0 Å². The fourth-order valence-corrected chi connectivity index (χ4v) is 1.32. The normalized spacial score (nSPS) is 14.8. The van der Waals surface area contributed by atoms with E-state index in [2.05, 4.69) is 6.92 Å².